The smallest absolute Gasteiger partial charge is 0.408 e. The summed E-state index contributed by atoms with van der Waals surface area (Å²) in [5, 5.41) is 8.10. The highest BCUT2D eigenvalue weighted by molar-refractivity contribution is 5.97. The van der Waals surface area contributed by atoms with Gasteiger partial charge in [-0.3, -0.25) is 9.59 Å². The molecule has 10 nitrogen and oxygen atoms in total. The van der Waals surface area contributed by atoms with Crippen molar-refractivity contribution in [3.8, 4) is 0 Å². The van der Waals surface area contributed by atoms with Crippen LogP contribution >= 0.6 is 0 Å². The van der Waals surface area contributed by atoms with E-state index < -0.39 is 29.7 Å². The number of ether oxygens (including phenoxy) is 3. The van der Waals surface area contributed by atoms with Crippen LogP contribution in [0.2, 0.25) is 0 Å². The van der Waals surface area contributed by atoms with E-state index >= 15 is 0 Å². The molecule has 0 bridgehead atoms. The van der Waals surface area contributed by atoms with Gasteiger partial charge in [-0.1, -0.05) is 48.5 Å². The molecule has 0 heterocycles. The van der Waals surface area contributed by atoms with Gasteiger partial charge in [-0.05, 0) is 57.2 Å². The zero-order valence-electron chi connectivity index (χ0n) is 22.4. The molecule has 0 saturated carbocycles. The number of amides is 3. The molecular weight excluding hydrogens is 490 g/mol. The first-order chi connectivity index (χ1) is 18.1. The van der Waals surface area contributed by atoms with Crippen molar-refractivity contribution < 1.29 is 33.4 Å². The van der Waals surface area contributed by atoms with Gasteiger partial charge in [0.25, 0.3) is 0 Å². The molecule has 1 atom stereocenters. The first-order valence-corrected chi connectivity index (χ1v) is 12.5. The highest BCUT2D eigenvalue weighted by Gasteiger charge is 2.25. The molecule has 0 aliphatic heterocycles. The van der Waals surface area contributed by atoms with Crippen molar-refractivity contribution in [1.82, 2.24) is 10.6 Å². The molecule has 0 radical (unpaired) electrons. The average molecular weight is 528 g/mol. The topological polar surface area (TPSA) is 132 Å². The summed E-state index contributed by atoms with van der Waals surface area (Å²) in [6.45, 7) is 5.56. The second kappa shape index (κ2) is 15.2. The molecule has 3 amide bonds. The zero-order valence-corrected chi connectivity index (χ0v) is 22.4. The molecule has 38 heavy (non-hydrogen) atoms. The molecule has 0 saturated heterocycles. The van der Waals surface area contributed by atoms with Crippen molar-refractivity contribution in [1.29, 1.82) is 0 Å². The number of hydrogen-bond donors (Lipinski definition) is 3. The Morgan fingerprint density at radius 3 is 2.29 bits per heavy atom. The Balaban J connectivity index is 1.96. The second-order valence-electron chi connectivity index (χ2n) is 9.55. The number of methoxy groups -OCH3 is 1. The highest BCUT2D eigenvalue weighted by atomic mass is 16.6. The van der Waals surface area contributed by atoms with Gasteiger partial charge in [-0.15, -0.1) is 0 Å². The average Bonchev–Trinajstić information content (AvgIpc) is 2.88. The minimum atomic E-state index is -0.930. The Bertz CT molecular complexity index is 1070. The Kier molecular flexibility index (Phi) is 12.1. The summed E-state index contributed by atoms with van der Waals surface area (Å²) in [6, 6.07) is 15.5. The van der Waals surface area contributed by atoms with Crippen molar-refractivity contribution in [3.05, 3.63) is 65.7 Å². The van der Waals surface area contributed by atoms with Crippen LogP contribution in [-0.2, 0) is 36.8 Å². The number of rotatable bonds is 12. The van der Waals surface area contributed by atoms with E-state index in [-0.39, 0.29) is 32.0 Å². The van der Waals surface area contributed by atoms with Crippen LogP contribution in [0.3, 0.4) is 0 Å². The van der Waals surface area contributed by atoms with Crippen LogP contribution in [-0.4, -0.2) is 49.4 Å². The molecule has 0 fully saturated rings. The Hall–Kier alpha value is -4.08. The molecule has 2 rings (SSSR count). The zero-order chi connectivity index (χ0) is 28.0. The number of nitrogens with one attached hydrogen (secondary N) is 3. The minimum Gasteiger partial charge on any atom is -0.469 e. The summed E-state index contributed by atoms with van der Waals surface area (Å²) in [5.41, 5.74) is 1.41. The van der Waals surface area contributed by atoms with Gasteiger partial charge in [0.15, 0.2) is 0 Å². The van der Waals surface area contributed by atoms with Gasteiger partial charge in [-0.2, -0.15) is 0 Å². The van der Waals surface area contributed by atoms with Crippen LogP contribution in [0.5, 0.6) is 0 Å². The lowest BCUT2D eigenvalue weighted by molar-refractivity contribution is -0.140. The Morgan fingerprint density at radius 1 is 0.921 bits per heavy atom. The van der Waals surface area contributed by atoms with Crippen molar-refractivity contribution in [2.24, 2.45) is 0 Å². The summed E-state index contributed by atoms with van der Waals surface area (Å²) in [5.74, 6) is -0.807. The SMILES string of the molecule is COC(=O)CCc1ccccc1NC(=O)[C@H](CCCNC(=O)OCc1ccccc1)NC(=O)OC(C)(C)C. The van der Waals surface area contributed by atoms with Crippen LogP contribution in [0.4, 0.5) is 15.3 Å². The van der Waals surface area contributed by atoms with E-state index in [4.69, 9.17) is 14.2 Å². The van der Waals surface area contributed by atoms with Crippen molar-refractivity contribution in [2.45, 2.75) is 64.7 Å². The first kappa shape index (κ1) is 30.1. The number of aryl methyl sites for hydroxylation is 1. The van der Waals surface area contributed by atoms with E-state index in [2.05, 4.69) is 16.0 Å². The summed E-state index contributed by atoms with van der Waals surface area (Å²) in [7, 11) is 1.32. The molecule has 0 aliphatic carbocycles. The van der Waals surface area contributed by atoms with E-state index in [1.165, 1.54) is 7.11 Å². The van der Waals surface area contributed by atoms with E-state index in [1.807, 2.05) is 30.3 Å². The number of alkyl carbamates (subject to hydrolysis) is 2. The summed E-state index contributed by atoms with van der Waals surface area (Å²) in [6.07, 6.45) is -0.148. The van der Waals surface area contributed by atoms with Gasteiger partial charge in [0, 0.05) is 18.7 Å². The maximum absolute atomic E-state index is 13.2. The third-order valence-corrected chi connectivity index (χ3v) is 5.26. The van der Waals surface area contributed by atoms with Crippen molar-refractivity contribution >= 4 is 29.8 Å². The van der Waals surface area contributed by atoms with Crippen LogP contribution in [0.25, 0.3) is 0 Å². The maximum atomic E-state index is 13.2. The lowest BCUT2D eigenvalue weighted by Gasteiger charge is -2.23. The lowest BCUT2D eigenvalue weighted by atomic mass is 10.1. The molecule has 3 N–H and O–H groups in total. The van der Waals surface area contributed by atoms with Gasteiger partial charge in [0.05, 0.1) is 7.11 Å². The molecular formula is C28H37N3O7. The Labute approximate surface area is 223 Å². The van der Waals surface area contributed by atoms with Crippen molar-refractivity contribution in [2.75, 3.05) is 19.0 Å². The fourth-order valence-corrected chi connectivity index (χ4v) is 3.41. The second-order valence-corrected chi connectivity index (χ2v) is 9.55. The maximum Gasteiger partial charge on any atom is 0.408 e. The molecule has 10 heteroatoms. The predicted octanol–water partition coefficient (Wildman–Crippen LogP) is 4.33. The lowest BCUT2D eigenvalue weighted by Crippen LogP contribution is -2.46. The van der Waals surface area contributed by atoms with E-state index in [0.29, 0.717) is 18.5 Å². The molecule has 206 valence electrons. The van der Waals surface area contributed by atoms with Crippen molar-refractivity contribution in [3.63, 3.8) is 0 Å². The number of benzene rings is 2. The first-order valence-electron chi connectivity index (χ1n) is 12.5. The molecule has 0 spiro atoms. The van der Waals surface area contributed by atoms with Gasteiger partial charge in [0.1, 0.15) is 18.2 Å². The molecule has 0 aromatic heterocycles. The van der Waals surface area contributed by atoms with Gasteiger partial charge in [-0.25, -0.2) is 9.59 Å². The standard InChI is InChI=1S/C28H37N3O7/c1-28(2,3)38-27(35)31-23(15-10-18-29-26(34)37-19-20-11-6-5-7-12-20)25(33)30-22-14-9-8-13-21(22)16-17-24(32)36-4/h5-9,11-14,23H,10,15-19H2,1-4H3,(H,29,34)(H,30,33)(H,31,35)/t23-/m0/s1. The third kappa shape index (κ3) is 11.8. The summed E-state index contributed by atoms with van der Waals surface area (Å²) < 4.78 is 15.2. The number of anilines is 1. The molecule has 0 unspecified atom stereocenters. The normalized spacial score (nSPS) is 11.6. The number of carbonyl (C=O) groups excluding carboxylic acids is 4. The van der Waals surface area contributed by atoms with Crippen LogP contribution in [0.15, 0.2) is 54.6 Å². The quantitative estimate of drug-likeness (QED) is 0.213. The fraction of sp³-hybridized carbons (Fsp3) is 0.429. The minimum absolute atomic E-state index is 0.146. The van der Waals surface area contributed by atoms with Gasteiger partial charge in [0.2, 0.25) is 5.91 Å². The summed E-state index contributed by atoms with van der Waals surface area (Å²) in [4.78, 5) is 49.1. The monoisotopic (exact) mass is 527 g/mol. The van der Waals surface area contributed by atoms with Crippen LogP contribution in [0, 0.1) is 0 Å². The van der Waals surface area contributed by atoms with E-state index in [9.17, 15) is 19.2 Å². The molecule has 0 aliphatic rings. The van der Waals surface area contributed by atoms with Crippen LogP contribution < -0.4 is 16.0 Å². The number of carbonyl (C=O) groups is 4. The van der Waals surface area contributed by atoms with E-state index in [1.54, 1.807) is 45.0 Å². The Morgan fingerprint density at radius 2 is 1.61 bits per heavy atom. The predicted molar refractivity (Wildman–Crippen MR) is 142 cm³/mol. The largest absolute Gasteiger partial charge is 0.469 e. The van der Waals surface area contributed by atoms with Crippen LogP contribution in [0.1, 0.15) is 51.2 Å². The van der Waals surface area contributed by atoms with Gasteiger partial charge < -0.3 is 30.2 Å². The summed E-state index contributed by atoms with van der Waals surface area (Å²) >= 11 is 0. The number of para-hydroxylation sites is 1. The molecule has 2 aromatic carbocycles. The third-order valence-electron chi connectivity index (χ3n) is 5.26. The highest BCUT2D eigenvalue weighted by Crippen LogP contribution is 2.18. The van der Waals surface area contributed by atoms with Gasteiger partial charge >= 0.3 is 18.2 Å². The van der Waals surface area contributed by atoms with E-state index in [0.717, 1.165) is 11.1 Å². The number of esters is 1. The fourth-order valence-electron chi connectivity index (χ4n) is 3.41. The number of hydrogen-bond acceptors (Lipinski definition) is 7. The molecule has 2 aromatic rings.